The number of hydrogen-bond donors (Lipinski definition) is 1. The molecule has 0 aromatic carbocycles. The van der Waals surface area contributed by atoms with Crippen molar-refractivity contribution in [1.29, 1.82) is 0 Å². The Kier molecular flexibility index (Phi) is 7.34. The van der Waals surface area contributed by atoms with Crippen LogP contribution >= 0.6 is 0 Å². The van der Waals surface area contributed by atoms with E-state index in [1.807, 2.05) is 34.6 Å². The molecular weight excluding hydrogens is 206 g/mol. The van der Waals surface area contributed by atoms with Crippen LogP contribution in [-0.4, -0.2) is 37.4 Å². The van der Waals surface area contributed by atoms with E-state index in [1.54, 1.807) is 0 Å². The van der Waals surface area contributed by atoms with Crippen molar-refractivity contribution in [1.82, 2.24) is 5.32 Å². The topological polar surface area (TPSA) is 47.6 Å². The number of nitrogens with one attached hydrogen (secondary N) is 1. The van der Waals surface area contributed by atoms with E-state index < -0.39 is 5.60 Å². The van der Waals surface area contributed by atoms with Gasteiger partial charge < -0.3 is 14.8 Å². The van der Waals surface area contributed by atoms with Gasteiger partial charge in [0.25, 0.3) is 0 Å². The summed E-state index contributed by atoms with van der Waals surface area (Å²) in [4.78, 5) is 11.6. The Morgan fingerprint density at radius 3 is 2.50 bits per heavy atom. The molecule has 1 N–H and O–H groups in total. The fraction of sp³-hybridized carbons (Fsp3) is 0.917. The average molecular weight is 231 g/mol. The van der Waals surface area contributed by atoms with E-state index in [0.717, 1.165) is 26.2 Å². The Morgan fingerprint density at radius 1 is 1.38 bits per heavy atom. The smallest absolute Gasteiger partial charge is 0.323 e. The molecule has 1 atom stereocenters. The number of hydrogen-bond acceptors (Lipinski definition) is 4. The van der Waals surface area contributed by atoms with Gasteiger partial charge in [0, 0.05) is 13.2 Å². The maximum absolute atomic E-state index is 11.6. The Hall–Kier alpha value is -0.610. The zero-order valence-corrected chi connectivity index (χ0v) is 11.1. The molecular formula is C12H25NO3. The number of esters is 1. The zero-order valence-electron chi connectivity index (χ0n) is 11.1. The molecule has 0 rings (SSSR count). The van der Waals surface area contributed by atoms with Crippen molar-refractivity contribution in [2.24, 2.45) is 0 Å². The van der Waals surface area contributed by atoms with Crippen molar-refractivity contribution in [3.8, 4) is 0 Å². The Balaban J connectivity index is 3.64. The Bertz CT molecular complexity index is 199. The van der Waals surface area contributed by atoms with Gasteiger partial charge in [0.15, 0.2) is 0 Å². The first-order valence-electron chi connectivity index (χ1n) is 5.91. The van der Waals surface area contributed by atoms with E-state index in [2.05, 4.69) is 5.32 Å². The fourth-order valence-electron chi connectivity index (χ4n) is 1.11. The molecule has 96 valence electrons. The van der Waals surface area contributed by atoms with Crippen molar-refractivity contribution in [3.63, 3.8) is 0 Å². The molecule has 0 aliphatic heterocycles. The third-order valence-corrected chi connectivity index (χ3v) is 1.88. The molecule has 0 heterocycles. The highest BCUT2D eigenvalue weighted by atomic mass is 16.6. The van der Waals surface area contributed by atoms with Gasteiger partial charge in [-0.05, 0) is 47.6 Å². The second kappa shape index (κ2) is 7.63. The molecule has 0 aliphatic rings. The molecule has 0 aromatic heterocycles. The van der Waals surface area contributed by atoms with Crippen molar-refractivity contribution in [2.45, 2.75) is 52.7 Å². The summed E-state index contributed by atoms with van der Waals surface area (Å²) in [6, 6.07) is -0.263. The third kappa shape index (κ3) is 8.68. The molecule has 4 nitrogen and oxygen atoms in total. The van der Waals surface area contributed by atoms with Crippen molar-refractivity contribution >= 4 is 5.97 Å². The molecule has 0 radical (unpaired) electrons. The van der Waals surface area contributed by atoms with E-state index >= 15 is 0 Å². The van der Waals surface area contributed by atoms with Gasteiger partial charge in [0.05, 0.1) is 0 Å². The fourth-order valence-corrected chi connectivity index (χ4v) is 1.11. The van der Waals surface area contributed by atoms with Gasteiger partial charge in [-0.2, -0.15) is 0 Å². The molecule has 0 amide bonds. The van der Waals surface area contributed by atoms with E-state index in [4.69, 9.17) is 9.47 Å². The van der Waals surface area contributed by atoms with Crippen LogP contribution in [0.4, 0.5) is 0 Å². The van der Waals surface area contributed by atoms with Gasteiger partial charge in [-0.3, -0.25) is 4.79 Å². The largest absolute Gasteiger partial charge is 0.459 e. The first-order chi connectivity index (χ1) is 7.37. The van der Waals surface area contributed by atoms with Crippen LogP contribution in [0.1, 0.15) is 41.0 Å². The molecule has 0 spiro atoms. The van der Waals surface area contributed by atoms with E-state index in [1.165, 1.54) is 0 Å². The lowest BCUT2D eigenvalue weighted by Crippen LogP contribution is -2.39. The summed E-state index contributed by atoms with van der Waals surface area (Å²) >= 11 is 0. The average Bonchev–Trinajstić information content (AvgIpc) is 2.14. The maximum Gasteiger partial charge on any atom is 0.323 e. The van der Waals surface area contributed by atoms with Crippen molar-refractivity contribution in [3.05, 3.63) is 0 Å². The normalized spacial score (nSPS) is 13.6. The molecule has 4 heteroatoms. The SMILES string of the molecule is CCOCCCNC(C)C(=O)OC(C)(C)C. The van der Waals surface area contributed by atoms with Crippen molar-refractivity contribution < 1.29 is 14.3 Å². The lowest BCUT2D eigenvalue weighted by atomic mass is 10.2. The number of carbonyl (C=O) groups excluding carboxylic acids is 1. The van der Waals surface area contributed by atoms with Crippen LogP contribution in [0.25, 0.3) is 0 Å². The minimum Gasteiger partial charge on any atom is -0.459 e. The standard InChI is InChI=1S/C12H25NO3/c1-6-15-9-7-8-13-10(2)11(14)16-12(3,4)5/h10,13H,6-9H2,1-5H3. The lowest BCUT2D eigenvalue weighted by Gasteiger charge is -2.22. The van der Waals surface area contributed by atoms with Crippen LogP contribution in [-0.2, 0) is 14.3 Å². The highest BCUT2D eigenvalue weighted by Crippen LogP contribution is 2.08. The quantitative estimate of drug-likeness (QED) is 0.535. The molecule has 1 unspecified atom stereocenters. The van der Waals surface area contributed by atoms with Crippen LogP contribution in [0.15, 0.2) is 0 Å². The molecule has 16 heavy (non-hydrogen) atoms. The maximum atomic E-state index is 11.6. The summed E-state index contributed by atoms with van der Waals surface area (Å²) in [6.45, 7) is 11.6. The first-order valence-corrected chi connectivity index (χ1v) is 5.91. The summed E-state index contributed by atoms with van der Waals surface area (Å²) in [7, 11) is 0. The first kappa shape index (κ1) is 15.4. The van der Waals surface area contributed by atoms with Crippen molar-refractivity contribution in [2.75, 3.05) is 19.8 Å². The Labute approximate surface area is 98.7 Å². The number of carbonyl (C=O) groups is 1. The van der Waals surface area contributed by atoms with Crippen LogP contribution in [0.5, 0.6) is 0 Å². The van der Waals surface area contributed by atoms with Gasteiger partial charge in [0.2, 0.25) is 0 Å². The summed E-state index contributed by atoms with van der Waals surface area (Å²) in [5, 5.41) is 3.11. The summed E-state index contributed by atoms with van der Waals surface area (Å²) in [5.74, 6) is -0.205. The summed E-state index contributed by atoms with van der Waals surface area (Å²) < 4.78 is 10.4. The highest BCUT2D eigenvalue weighted by molar-refractivity contribution is 5.75. The monoisotopic (exact) mass is 231 g/mol. The molecule has 0 saturated heterocycles. The van der Waals surface area contributed by atoms with Gasteiger partial charge in [-0.15, -0.1) is 0 Å². The van der Waals surface area contributed by atoms with Crippen LogP contribution in [0, 0.1) is 0 Å². The minimum absolute atomic E-state index is 0.205. The van der Waals surface area contributed by atoms with E-state index in [9.17, 15) is 4.79 Å². The number of ether oxygens (including phenoxy) is 2. The second-order valence-corrected chi connectivity index (χ2v) is 4.76. The molecule has 0 aliphatic carbocycles. The van der Waals surface area contributed by atoms with Gasteiger partial charge in [-0.25, -0.2) is 0 Å². The molecule has 0 aromatic rings. The van der Waals surface area contributed by atoms with E-state index in [0.29, 0.717) is 0 Å². The predicted molar refractivity (Wildman–Crippen MR) is 64.4 cm³/mol. The number of rotatable bonds is 7. The predicted octanol–water partition coefficient (Wildman–Crippen LogP) is 1.73. The third-order valence-electron chi connectivity index (χ3n) is 1.88. The van der Waals surface area contributed by atoms with Crippen LogP contribution < -0.4 is 5.32 Å². The van der Waals surface area contributed by atoms with Gasteiger partial charge >= 0.3 is 5.97 Å². The Morgan fingerprint density at radius 2 is 2.00 bits per heavy atom. The van der Waals surface area contributed by atoms with Gasteiger partial charge in [0.1, 0.15) is 11.6 Å². The van der Waals surface area contributed by atoms with Crippen LogP contribution in [0.2, 0.25) is 0 Å². The van der Waals surface area contributed by atoms with Crippen LogP contribution in [0.3, 0.4) is 0 Å². The minimum atomic E-state index is -0.418. The molecule has 0 fully saturated rings. The zero-order chi connectivity index (χ0) is 12.6. The summed E-state index contributed by atoms with van der Waals surface area (Å²) in [6.07, 6.45) is 0.904. The van der Waals surface area contributed by atoms with E-state index in [-0.39, 0.29) is 12.0 Å². The lowest BCUT2D eigenvalue weighted by molar-refractivity contribution is -0.156. The highest BCUT2D eigenvalue weighted by Gasteiger charge is 2.20. The summed E-state index contributed by atoms with van der Waals surface area (Å²) in [5.41, 5.74) is -0.418. The van der Waals surface area contributed by atoms with Gasteiger partial charge in [-0.1, -0.05) is 0 Å². The molecule has 0 saturated carbocycles. The molecule has 0 bridgehead atoms. The second-order valence-electron chi connectivity index (χ2n) is 4.76.